The molecule has 0 aliphatic heterocycles. The molecule has 1 N–H and O–H groups in total. The van der Waals surface area contributed by atoms with Crippen LogP contribution in [0.3, 0.4) is 0 Å². The van der Waals surface area contributed by atoms with Crippen LogP contribution in [0.2, 0.25) is 5.02 Å². The maximum Gasteiger partial charge on any atom is 0.142 e. The third kappa shape index (κ3) is 4.32. The van der Waals surface area contributed by atoms with Gasteiger partial charge in [0.2, 0.25) is 0 Å². The molecule has 0 amide bonds. The number of rotatable bonds is 6. The lowest BCUT2D eigenvalue weighted by Crippen LogP contribution is -2.08. The first-order chi connectivity index (χ1) is 10.1. The Kier molecular flexibility index (Phi) is 5.83. The van der Waals surface area contributed by atoms with E-state index < -0.39 is 0 Å². The number of halogens is 1. The fourth-order valence-electron chi connectivity index (χ4n) is 2.11. The van der Waals surface area contributed by atoms with Crippen molar-refractivity contribution in [3.8, 4) is 5.75 Å². The molecule has 1 unspecified atom stereocenters. The van der Waals surface area contributed by atoms with E-state index in [0.29, 0.717) is 11.6 Å². The lowest BCUT2D eigenvalue weighted by molar-refractivity contribution is 0.341. The summed E-state index contributed by atoms with van der Waals surface area (Å²) in [6, 6.07) is 14.4. The Labute approximate surface area is 135 Å². The smallest absolute Gasteiger partial charge is 0.142 e. The molecule has 0 radical (unpaired) electrons. The van der Waals surface area contributed by atoms with E-state index in [4.69, 9.17) is 16.3 Å². The highest BCUT2D eigenvalue weighted by Crippen LogP contribution is 2.31. The van der Waals surface area contributed by atoms with Gasteiger partial charge in [-0.05, 0) is 56.0 Å². The van der Waals surface area contributed by atoms with Crippen LogP contribution in [0.1, 0.15) is 25.5 Å². The number of thioether (sulfide) groups is 1. The Morgan fingerprint density at radius 3 is 2.52 bits per heavy atom. The largest absolute Gasteiger partial charge is 0.492 e. The normalized spacial score (nSPS) is 12.0. The van der Waals surface area contributed by atoms with Crippen LogP contribution >= 0.6 is 23.4 Å². The molecule has 0 aliphatic rings. The van der Waals surface area contributed by atoms with Gasteiger partial charge in [-0.25, -0.2) is 0 Å². The van der Waals surface area contributed by atoms with Crippen molar-refractivity contribution in [2.24, 2.45) is 0 Å². The predicted octanol–water partition coefficient (Wildman–Crippen LogP) is 5.63. The zero-order valence-electron chi connectivity index (χ0n) is 12.5. The molecule has 112 valence electrons. The van der Waals surface area contributed by atoms with E-state index in [0.717, 1.165) is 11.4 Å². The summed E-state index contributed by atoms with van der Waals surface area (Å²) >= 11 is 7.83. The molecule has 2 nitrogen and oxygen atoms in total. The van der Waals surface area contributed by atoms with Crippen molar-refractivity contribution in [3.05, 3.63) is 53.1 Å². The monoisotopic (exact) mass is 321 g/mol. The van der Waals surface area contributed by atoms with Gasteiger partial charge in [-0.15, -0.1) is 11.8 Å². The minimum Gasteiger partial charge on any atom is -0.492 e. The van der Waals surface area contributed by atoms with Crippen molar-refractivity contribution in [2.45, 2.75) is 24.8 Å². The molecule has 0 bridgehead atoms. The van der Waals surface area contributed by atoms with Crippen LogP contribution in [-0.4, -0.2) is 12.9 Å². The highest BCUT2D eigenvalue weighted by atomic mass is 35.5. The molecule has 4 heteroatoms. The quantitative estimate of drug-likeness (QED) is 0.696. The molecule has 2 aromatic carbocycles. The number of ether oxygens (including phenoxy) is 1. The van der Waals surface area contributed by atoms with Crippen LogP contribution in [0.15, 0.2) is 47.4 Å². The number of hydrogen-bond donors (Lipinski definition) is 1. The van der Waals surface area contributed by atoms with Gasteiger partial charge in [0.25, 0.3) is 0 Å². The fraction of sp³-hybridized carbons (Fsp3) is 0.294. The Morgan fingerprint density at radius 1 is 1.19 bits per heavy atom. The van der Waals surface area contributed by atoms with E-state index in [-0.39, 0.29) is 6.04 Å². The number of anilines is 1. The van der Waals surface area contributed by atoms with Crippen molar-refractivity contribution in [1.29, 1.82) is 0 Å². The fourth-order valence-corrected chi connectivity index (χ4v) is 2.69. The Hall–Kier alpha value is -1.32. The number of benzene rings is 2. The summed E-state index contributed by atoms with van der Waals surface area (Å²) in [7, 11) is 0. The molecule has 0 aliphatic carbocycles. The molecule has 2 aromatic rings. The molecule has 1 atom stereocenters. The summed E-state index contributed by atoms with van der Waals surface area (Å²) < 4.78 is 5.64. The van der Waals surface area contributed by atoms with E-state index in [2.05, 4.69) is 42.8 Å². The highest BCUT2D eigenvalue weighted by molar-refractivity contribution is 7.98. The molecular weight excluding hydrogens is 302 g/mol. The Balaban J connectivity index is 2.17. The highest BCUT2D eigenvalue weighted by Gasteiger charge is 2.10. The summed E-state index contributed by atoms with van der Waals surface area (Å²) in [5.74, 6) is 0.828. The number of nitrogens with one attached hydrogen (secondary N) is 1. The van der Waals surface area contributed by atoms with Crippen LogP contribution in [0, 0.1) is 0 Å². The van der Waals surface area contributed by atoms with Crippen LogP contribution in [0.5, 0.6) is 5.75 Å². The van der Waals surface area contributed by atoms with E-state index in [9.17, 15) is 0 Å². The first-order valence-electron chi connectivity index (χ1n) is 6.97. The molecule has 0 heterocycles. The standard InChI is InChI=1S/C17H20ClNOS/c1-4-20-17-10-7-14(18)11-16(17)19-12(2)13-5-8-15(21-3)9-6-13/h5-12,19H,4H2,1-3H3. The predicted molar refractivity (Wildman–Crippen MR) is 92.9 cm³/mol. The van der Waals surface area contributed by atoms with Crippen LogP contribution in [0.4, 0.5) is 5.69 Å². The maximum atomic E-state index is 6.09. The first-order valence-corrected chi connectivity index (χ1v) is 8.57. The lowest BCUT2D eigenvalue weighted by atomic mass is 10.1. The van der Waals surface area contributed by atoms with Gasteiger partial charge < -0.3 is 10.1 Å². The second-order valence-corrected chi connectivity index (χ2v) is 6.03. The number of hydrogen-bond acceptors (Lipinski definition) is 3. The van der Waals surface area contributed by atoms with Crippen molar-refractivity contribution in [1.82, 2.24) is 0 Å². The summed E-state index contributed by atoms with van der Waals surface area (Å²) in [5, 5.41) is 4.17. The second kappa shape index (κ2) is 7.62. The lowest BCUT2D eigenvalue weighted by Gasteiger charge is -2.19. The molecule has 0 fully saturated rings. The van der Waals surface area contributed by atoms with Gasteiger partial charge in [-0.2, -0.15) is 0 Å². The molecule has 21 heavy (non-hydrogen) atoms. The van der Waals surface area contributed by atoms with Gasteiger partial charge in [-0.1, -0.05) is 23.7 Å². The average Bonchev–Trinajstić information content (AvgIpc) is 2.50. The zero-order valence-corrected chi connectivity index (χ0v) is 14.1. The summed E-state index contributed by atoms with van der Waals surface area (Å²) in [5.41, 5.74) is 2.15. The summed E-state index contributed by atoms with van der Waals surface area (Å²) in [6.45, 7) is 4.74. The molecular formula is C17H20ClNOS. The van der Waals surface area contributed by atoms with Gasteiger partial charge in [0.15, 0.2) is 0 Å². The van der Waals surface area contributed by atoms with Crippen LogP contribution in [0.25, 0.3) is 0 Å². The maximum absolute atomic E-state index is 6.09. The van der Waals surface area contributed by atoms with Gasteiger partial charge in [0.05, 0.1) is 12.3 Å². The topological polar surface area (TPSA) is 21.3 Å². The molecule has 0 saturated carbocycles. The van der Waals surface area contributed by atoms with E-state index in [1.807, 2.05) is 25.1 Å². The van der Waals surface area contributed by atoms with Gasteiger partial charge in [0.1, 0.15) is 5.75 Å². The van der Waals surface area contributed by atoms with Crippen LogP contribution in [-0.2, 0) is 0 Å². The van der Waals surface area contributed by atoms with Crippen molar-refractivity contribution in [2.75, 3.05) is 18.2 Å². The third-order valence-corrected chi connectivity index (χ3v) is 4.21. The molecule has 0 saturated heterocycles. The second-order valence-electron chi connectivity index (χ2n) is 4.71. The minimum absolute atomic E-state index is 0.179. The first kappa shape index (κ1) is 16.1. The van der Waals surface area contributed by atoms with Gasteiger partial charge in [-0.3, -0.25) is 0 Å². The minimum atomic E-state index is 0.179. The molecule has 2 rings (SSSR count). The zero-order chi connectivity index (χ0) is 15.2. The van der Waals surface area contributed by atoms with E-state index >= 15 is 0 Å². The average molecular weight is 322 g/mol. The van der Waals surface area contributed by atoms with Crippen molar-refractivity contribution < 1.29 is 4.74 Å². The third-order valence-electron chi connectivity index (χ3n) is 3.23. The Bertz CT molecular complexity index is 586. The molecule has 0 spiro atoms. The van der Waals surface area contributed by atoms with Crippen molar-refractivity contribution >= 4 is 29.1 Å². The summed E-state index contributed by atoms with van der Waals surface area (Å²) in [6.07, 6.45) is 2.08. The van der Waals surface area contributed by atoms with E-state index in [1.165, 1.54) is 10.5 Å². The summed E-state index contributed by atoms with van der Waals surface area (Å²) in [4.78, 5) is 1.27. The van der Waals surface area contributed by atoms with Crippen molar-refractivity contribution in [3.63, 3.8) is 0 Å². The molecule has 0 aromatic heterocycles. The van der Waals surface area contributed by atoms with Gasteiger partial charge in [0, 0.05) is 16.0 Å². The van der Waals surface area contributed by atoms with E-state index in [1.54, 1.807) is 11.8 Å². The SMILES string of the molecule is CCOc1ccc(Cl)cc1NC(C)c1ccc(SC)cc1. The van der Waals surface area contributed by atoms with Crippen LogP contribution < -0.4 is 10.1 Å². The Morgan fingerprint density at radius 2 is 1.90 bits per heavy atom. The van der Waals surface area contributed by atoms with Gasteiger partial charge >= 0.3 is 0 Å².